The molecule has 0 saturated carbocycles. The van der Waals surface area contributed by atoms with Gasteiger partial charge in [-0.15, -0.1) is 0 Å². The first-order chi connectivity index (χ1) is 21.6. The minimum Gasteiger partial charge on any atom is -0.476 e. The van der Waals surface area contributed by atoms with Gasteiger partial charge in [0.2, 0.25) is 5.91 Å². The molecule has 0 aliphatic heterocycles. The predicted octanol–water partition coefficient (Wildman–Crippen LogP) is 4.45. The number of imidazole rings is 1. The molecule has 0 bridgehead atoms. The molecule has 45 heavy (non-hydrogen) atoms. The van der Waals surface area contributed by atoms with Crippen LogP contribution in [0.15, 0.2) is 48.5 Å². The smallest absolute Gasteiger partial charge is 0.349 e. The highest BCUT2D eigenvalue weighted by molar-refractivity contribution is 6.06. The van der Waals surface area contributed by atoms with Crippen molar-refractivity contribution < 1.29 is 23.8 Å². The number of hydrogen-bond donors (Lipinski definition) is 1. The Labute approximate surface area is 265 Å². The lowest BCUT2D eigenvalue weighted by atomic mass is 10.1. The molecule has 4 rings (SSSR count). The Bertz CT molecular complexity index is 1610. The van der Waals surface area contributed by atoms with E-state index in [0.717, 1.165) is 40.9 Å². The molecule has 0 saturated heterocycles. The Balaban J connectivity index is 1.61. The van der Waals surface area contributed by atoms with Crippen LogP contribution >= 0.6 is 0 Å². The summed E-state index contributed by atoms with van der Waals surface area (Å²) in [5.41, 5.74) is 8.57. The third-order valence-corrected chi connectivity index (χ3v) is 7.96. The van der Waals surface area contributed by atoms with Crippen LogP contribution in [0.25, 0.3) is 21.9 Å². The van der Waals surface area contributed by atoms with E-state index in [1.165, 1.54) is 7.11 Å². The van der Waals surface area contributed by atoms with Gasteiger partial charge in [-0.05, 0) is 57.1 Å². The molecule has 0 spiro atoms. The number of rotatable bonds is 16. The van der Waals surface area contributed by atoms with Gasteiger partial charge in [-0.2, -0.15) is 0 Å². The first-order valence-electron chi connectivity index (χ1n) is 15.5. The number of methoxy groups -OCH3 is 2. The highest BCUT2D eigenvalue weighted by Gasteiger charge is 2.31. The number of nitrogens with two attached hydrogens (primary N) is 1. The Morgan fingerprint density at radius 1 is 1.02 bits per heavy atom. The monoisotopic (exact) mass is 618 g/mol. The molecular formula is C34H46N6O5. The van der Waals surface area contributed by atoms with Crippen LogP contribution in [0.1, 0.15) is 45.5 Å². The number of esters is 1. The van der Waals surface area contributed by atoms with E-state index in [9.17, 15) is 9.59 Å². The number of nitrogens with zero attached hydrogens (tertiary/aromatic N) is 5. The molecule has 242 valence electrons. The first-order valence-corrected chi connectivity index (χ1v) is 15.5. The molecule has 2 N–H and O–H groups in total. The maximum atomic E-state index is 13.7. The van der Waals surface area contributed by atoms with Crippen molar-refractivity contribution >= 4 is 39.6 Å². The molecule has 2 aromatic carbocycles. The molecule has 1 amide bonds. The number of carbonyl (C=O) groups is 2. The van der Waals surface area contributed by atoms with Crippen molar-refractivity contribution in [1.29, 1.82) is 0 Å². The first kappa shape index (κ1) is 33.7. The number of pyridine rings is 1. The standard InChI is InChI=1S/C34H46N6O5/c1-7-38(8-2)23-29(41)39(22-24-13-11-14-25(21-24)45-34(3,4)33(42)44-6)18-12-19-40-28(17-20-43-5)37-30-31(40)26-15-9-10-16-27(26)36-32(30)35/h9-11,13-16,21H,7-8,12,17-20,22-23H2,1-6H3,(H2,35,36). The van der Waals surface area contributed by atoms with Gasteiger partial charge in [0.1, 0.15) is 17.1 Å². The summed E-state index contributed by atoms with van der Waals surface area (Å²) in [5, 5.41) is 0.985. The van der Waals surface area contributed by atoms with Gasteiger partial charge in [0.15, 0.2) is 11.4 Å². The number of anilines is 1. The van der Waals surface area contributed by atoms with Gasteiger partial charge in [0.05, 0.1) is 31.3 Å². The largest absolute Gasteiger partial charge is 0.476 e. The fourth-order valence-electron chi connectivity index (χ4n) is 5.49. The number of fused-ring (bicyclic) bond motifs is 3. The van der Waals surface area contributed by atoms with E-state index in [2.05, 4.69) is 28.3 Å². The zero-order valence-electron chi connectivity index (χ0n) is 27.3. The van der Waals surface area contributed by atoms with Crippen LogP contribution in [0.4, 0.5) is 5.82 Å². The van der Waals surface area contributed by atoms with Crippen molar-refractivity contribution in [2.75, 3.05) is 52.7 Å². The Kier molecular flexibility index (Phi) is 11.4. The van der Waals surface area contributed by atoms with Crippen LogP contribution in [0.3, 0.4) is 0 Å². The molecule has 0 aliphatic carbocycles. The van der Waals surface area contributed by atoms with Gasteiger partial charge < -0.3 is 29.4 Å². The maximum Gasteiger partial charge on any atom is 0.349 e. The van der Waals surface area contributed by atoms with Crippen molar-refractivity contribution in [2.24, 2.45) is 0 Å². The number of carbonyl (C=O) groups excluding carboxylic acids is 2. The summed E-state index contributed by atoms with van der Waals surface area (Å²) in [6.07, 6.45) is 1.32. The number of benzene rings is 2. The quantitative estimate of drug-likeness (QED) is 0.181. The number of para-hydroxylation sites is 1. The molecule has 2 aromatic heterocycles. The van der Waals surface area contributed by atoms with Crippen molar-refractivity contribution in [1.82, 2.24) is 24.3 Å². The summed E-state index contributed by atoms with van der Waals surface area (Å²) in [6, 6.07) is 15.4. The highest BCUT2D eigenvalue weighted by Crippen LogP contribution is 2.29. The van der Waals surface area contributed by atoms with Crippen molar-refractivity contribution in [3.63, 3.8) is 0 Å². The molecule has 0 aliphatic rings. The lowest BCUT2D eigenvalue weighted by Gasteiger charge is -2.27. The van der Waals surface area contributed by atoms with E-state index >= 15 is 0 Å². The maximum absolute atomic E-state index is 13.7. The van der Waals surface area contributed by atoms with Gasteiger partial charge in [-0.25, -0.2) is 14.8 Å². The van der Waals surface area contributed by atoms with E-state index in [1.807, 2.05) is 47.4 Å². The molecule has 2 heterocycles. The number of nitrogen functional groups attached to an aromatic ring is 1. The molecule has 11 nitrogen and oxygen atoms in total. The summed E-state index contributed by atoms with van der Waals surface area (Å²) >= 11 is 0. The highest BCUT2D eigenvalue weighted by atomic mass is 16.6. The van der Waals surface area contributed by atoms with Gasteiger partial charge in [0, 0.05) is 38.6 Å². The molecule has 0 fully saturated rings. The second-order valence-corrected chi connectivity index (χ2v) is 11.5. The summed E-state index contributed by atoms with van der Waals surface area (Å²) in [4.78, 5) is 39.3. The van der Waals surface area contributed by atoms with Crippen LogP contribution in [0.2, 0.25) is 0 Å². The molecule has 0 radical (unpaired) electrons. The minimum absolute atomic E-state index is 0.0499. The number of amides is 1. The van der Waals surface area contributed by atoms with E-state index in [0.29, 0.717) is 62.7 Å². The number of likely N-dealkylation sites (N-methyl/N-ethyl adjacent to an activating group) is 1. The van der Waals surface area contributed by atoms with Crippen LogP contribution in [-0.4, -0.2) is 88.8 Å². The van der Waals surface area contributed by atoms with E-state index < -0.39 is 11.6 Å². The zero-order valence-corrected chi connectivity index (χ0v) is 27.3. The van der Waals surface area contributed by atoms with Gasteiger partial charge in [-0.3, -0.25) is 9.69 Å². The minimum atomic E-state index is -1.15. The lowest BCUT2D eigenvalue weighted by molar-refractivity contribution is -0.156. The van der Waals surface area contributed by atoms with Gasteiger partial charge >= 0.3 is 5.97 Å². The zero-order chi connectivity index (χ0) is 32.6. The number of ether oxygens (including phenoxy) is 3. The number of hydrogen-bond acceptors (Lipinski definition) is 9. The molecular weight excluding hydrogens is 572 g/mol. The SMILES string of the molecule is CCN(CC)CC(=O)N(CCCn1c(CCOC)nc2c(N)nc3ccccc3c21)Cc1cccc(OC(C)(C)C(=O)OC)c1. The van der Waals surface area contributed by atoms with Crippen LogP contribution in [0, 0.1) is 0 Å². The Morgan fingerprint density at radius 3 is 2.49 bits per heavy atom. The van der Waals surface area contributed by atoms with Crippen molar-refractivity contribution in [3.05, 3.63) is 59.9 Å². The third-order valence-electron chi connectivity index (χ3n) is 7.96. The third kappa shape index (κ3) is 8.09. The average Bonchev–Trinajstić information content (AvgIpc) is 3.40. The molecule has 0 unspecified atom stereocenters. The number of aromatic nitrogens is 3. The number of aryl methyl sites for hydroxylation is 1. The van der Waals surface area contributed by atoms with Gasteiger partial charge in [-0.1, -0.05) is 44.2 Å². The average molecular weight is 619 g/mol. The second-order valence-electron chi connectivity index (χ2n) is 11.5. The molecule has 4 aromatic rings. The summed E-state index contributed by atoms with van der Waals surface area (Å²) in [5.74, 6) is 1.38. The van der Waals surface area contributed by atoms with Gasteiger partial charge in [0.25, 0.3) is 0 Å². The van der Waals surface area contributed by atoms with Crippen molar-refractivity contribution in [2.45, 2.75) is 59.2 Å². The fraction of sp³-hybridized carbons (Fsp3) is 0.471. The Morgan fingerprint density at radius 2 is 1.78 bits per heavy atom. The Hall–Kier alpha value is -4.22. The van der Waals surface area contributed by atoms with Crippen molar-refractivity contribution in [3.8, 4) is 5.75 Å². The van der Waals surface area contributed by atoms with Crippen LogP contribution in [-0.2, 0) is 38.6 Å². The van der Waals surface area contributed by atoms with E-state index in [-0.39, 0.29) is 5.91 Å². The predicted molar refractivity (Wildman–Crippen MR) is 176 cm³/mol. The summed E-state index contributed by atoms with van der Waals surface area (Å²) in [7, 11) is 3.01. The topological polar surface area (TPSA) is 125 Å². The lowest BCUT2D eigenvalue weighted by Crippen LogP contribution is -2.40. The molecule has 0 atom stereocenters. The summed E-state index contributed by atoms with van der Waals surface area (Å²) in [6.45, 7) is 11.4. The van der Waals surface area contributed by atoms with Crippen LogP contribution < -0.4 is 10.5 Å². The van der Waals surface area contributed by atoms with Crippen LogP contribution in [0.5, 0.6) is 5.75 Å². The fourth-order valence-corrected chi connectivity index (χ4v) is 5.49. The van der Waals surface area contributed by atoms with E-state index in [1.54, 1.807) is 27.0 Å². The second kappa shape index (κ2) is 15.2. The normalized spacial score (nSPS) is 11.8. The van der Waals surface area contributed by atoms with E-state index in [4.69, 9.17) is 24.9 Å². The molecule has 11 heteroatoms. The summed E-state index contributed by atoms with van der Waals surface area (Å²) < 4.78 is 18.4.